The summed E-state index contributed by atoms with van der Waals surface area (Å²) in [4.78, 5) is 17.4. The molecule has 0 unspecified atom stereocenters. The highest BCUT2D eigenvalue weighted by Gasteiger charge is 2.20. The molecule has 0 aliphatic carbocycles. The molecule has 0 amide bonds. The molecule has 1 aliphatic heterocycles. The van der Waals surface area contributed by atoms with Crippen molar-refractivity contribution in [2.24, 2.45) is 4.99 Å². The highest BCUT2D eigenvalue weighted by Crippen LogP contribution is 2.10. The molecule has 0 bridgehead atoms. The van der Waals surface area contributed by atoms with Gasteiger partial charge in [-0.3, -0.25) is 4.99 Å². The molecule has 132 valence electrons. The van der Waals surface area contributed by atoms with E-state index >= 15 is 0 Å². The van der Waals surface area contributed by atoms with Gasteiger partial charge in [0.15, 0.2) is 5.96 Å². The first-order valence-electron chi connectivity index (χ1n) is 8.48. The number of rotatable bonds is 4. The third kappa shape index (κ3) is 4.65. The molecular formula is C18H23FN6. The maximum atomic E-state index is 12.9. The fourth-order valence-corrected chi connectivity index (χ4v) is 2.87. The number of piperazine rings is 1. The van der Waals surface area contributed by atoms with Crippen LogP contribution in [-0.2, 0) is 6.42 Å². The Balaban J connectivity index is 1.47. The van der Waals surface area contributed by atoms with Crippen molar-refractivity contribution in [3.05, 3.63) is 54.1 Å². The van der Waals surface area contributed by atoms with Gasteiger partial charge in [-0.15, -0.1) is 0 Å². The first-order chi connectivity index (χ1) is 12.3. The number of nitrogens with zero attached hydrogens (tertiary/aromatic N) is 5. The molecule has 1 aromatic heterocycles. The SMILES string of the molecule is CN=C(NCCc1ccc(F)cc1)N1CCN(c2ncccn2)CC1. The van der Waals surface area contributed by atoms with Crippen LogP contribution in [0.2, 0.25) is 0 Å². The fourth-order valence-electron chi connectivity index (χ4n) is 2.87. The van der Waals surface area contributed by atoms with E-state index in [9.17, 15) is 4.39 Å². The van der Waals surface area contributed by atoms with E-state index in [1.165, 1.54) is 12.1 Å². The molecule has 1 fully saturated rings. The molecule has 25 heavy (non-hydrogen) atoms. The predicted molar refractivity (Wildman–Crippen MR) is 97.3 cm³/mol. The summed E-state index contributed by atoms with van der Waals surface area (Å²) in [5.41, 5.74) is 1.11. The van der Waals surface area contributed by atoms with Crippen LogP contribution in [0.5, 0.6) is 0 Å². The Morgan fingerprint density at radius 3 is 2.44 bits per heavy atom. The van der Waals surface area contributed by atoms with E-state index in [0.717, 1.165) is 56.6 Å². The van der Waals surface area contributed by atoms with Gasteiger partial charge in [0, 0.05) is 52.2 Å². The summed E-state index contributed by atoms with van der Waals surface area (Å²) in [7, 11) is 1.80. The Morgan fingerprint density at radius 1 is 1.12 bits per heavy atom. The van der Waals surface area contributed by atoms with Crippen molar-refractivity contribution in [1.29, 1.82) is 0 Å². The van der Waals surface area contributed by atoms with Crippen LogP contribution >= 0.6 is 0 Å². The first kappa shape index (κ1) is 17.1. The zero-order chi connectivity index (χ0) is 17.5. The van der Waals surface area contributed by atoms with E-state index in [1.807, 2.05) is 18.2 Å². The maximum absolute atomic E-state index is 12.9. The molecule has 6 nitrogen and oxygen atoms in total. The lowest BCUT2D eigenvalue weighted by Gasteiger charge is -2.36. The van der Waals surface area contributed by atoms with Crippen molar-refractivity contribution in [3.63, 3.8) is 0 Å². The van der Waals surface area contributed by atoms with Crippen molar-refractivity contribution >= 4 is 11.9 Å². The van der Waals surface area contributed by atoms with Gasteiger partial charge in [-0.1, -0.05) is 12.1 Å². The van der Waals surface area contributed by atoms with E-state index in [2.05, 4.69) is 30.1 Å². The lowest BCUT2D eigenvalue weighted by molar-refractivity contribution is 0.370. The summed E-state index contributed by atoms with van der Waals surface area (Å²) in [5.74, 6) is 1.48. The van der Waals surface area contributed by atoms with E-state index in [-0.39, 0.29) is 5.82 Å². The van der Waals surface area contributed by atoms with Crippen LogP contribution in [0.15, 0.2) is 47.7 Å². The van der Waals surface area contributed by atoms with E-state index in [4.69, 9.17) is 0 Å². The molecule has 0 atom stereocenters. The van der Waals surface area contributed by atoms with Crippen molar-refractivity contribution < 1.29 is 4.39 Å². The smallest absolute Gasteiger partial charge is 0.225 e. The number of nitrogens with one attached hydrogen (secondary N) is 1. The molecule has 1 N–H and O–H groups in total. The number of aliphatic imine (C=N–C) groups is 1. The predicted octanol–water partition coefficient (Wildman–Crippen LogP) is 1.56. The van der Waals surface area contributed by atoms with Crippen LogP contribution in [0, 0.1) is 5.82 Å². The van der Waals surface area contributed by atoms with E-state index < -0.39 is 0 Å². The number of anilines is 1. The van der Waals surface area contributed by atoms with Crippen molar-refractivity contribution in [1.82, 2.24) is 20.2 Å². The van der Waals surface area contributed by atoms with Crippen LogP contribution in [-0.4, -0.2) is 60.6 Å². The molecule has 3 rings (SSSR count). The van der Waals surface area contributed by atoms with Gasteiger partial charge in [0.25, 0.3) is 0 Å². The second-order valence-corrected chi connectivity index (χ2v) is 5.87. The quantitative estimate of drug-likeness (QED) is 0.675. The summed E-state index contributed by atoms with van der Waals surface area (Å²) >= 11 is 0. The first-order valence-corrected chi connectivity index (χ1v) is 8.48. The number of hydrogen-bond donors (Lipinski definition) is 1. The van der Waals surface area contributed by atoms with Crippen LogP contribution < -0.4 is 10.2 Å². The minimum absolute atomic E-state index is 0.201. The molecule has 1 saturated heterocycles. The molecule has 1 aliphatic rings. The summed E-state index contributed by atoms with van der Waals surface area (Å²) in [6, 6.07) is 8.45. The molecule has 2 aromatic rings. The summed E-state index contributed by atoms with van der Waals surface area (Å²) in [6.07, 6.45) is 4.37. The fraction of sp³-hybridized carbons (Fsp3) is 0.389. The normalized spacial score (nSPS) is 15.4. The Bertz CT molecular complexity index is 680. The Kier molecular flexibility index (Phi) is 5.77. The zero-order valence-corrected chi connectivity index (χ0v) is 14.4. The van der Waals surface area contributed by atoms with Crippen LogP contribution in [0.4, 0.5) is 10.3 Å². The van der Waals surface area contributed by atoms with Crippen LogP contribution in [0.1, 0.15) is 5.56 Å². The van der Waals surface area contributed by atoms with Crippen molar-refractivity contribution in [2.45, 2.75) is 6.42 Å². The van der Waals surface area contributed by atoms with Crippen LogP contribution in [0.3, 0.4) is 0 Å². The van der Waals surface area contributed by atoms with Gasteiger partial charge in [-0.2, -0.15) is 0 Å². The number of aromatic nitrogens is 2. The molecule has 0 spiro atoms. The van der Waals surface area contributed by atoms with Crippen LogP contribution in [0.25, 0.3) is 0 Å². The second-order valence-electron chi connectivity index (χ2n) is 5.87. The van der Waals surface area contributed by atoms with Crippen molar-refractivity contribution in [3.8, 4) is 0 Å². The van der Waals surface area contributed by atoms with Gasteiger partial charge >= 0.3 is 0 Å². The number of hydrogen-bond acceptors (Lipinski definition) is 4. The average Bonchev–Trinajstić information content (AvgIpc) is 2.68. The Hall–Kier alpha value is -2.70. The second kappa shape index (κ2) is 8.41. The largest absolute Gasteiger partial charge is 0.356 e. The molecule has 2 heterocycles. The monoisotopic (exact) mass is 342 g/mol. The molecule has 1 aromatic carbocycles. The molecule has 0 radical (unpaired) electrons. The molecular weight excluding hydrogens is 319 g/mol. The number of benzene rings is 1. The molecule has 7 heteroatoms. The van der Waals surface area contributed by atoms with Crippen molar-refractivity contribution in [2.75, 3.05) is 44.7 Å². The van der Waals surface area contributed by atoms with E-state index in [0.29, 0.717) is 0 Å². The van der Waals surface area contributed by atoms with Gasteiger partial charge in [0.05, 0.1) is 0 Å². The summed E-state index contributed by atoms with van der Waals surface area (Å²) in [6.45, 7) is 4.23. The third-order valence-electron chi connectivity index (χ3n) is 4.24. The summed E-state index contributed by atoms with van der Waals surface area (Å²) in [5, 5.41) is 3.39. The van der Waals surface area contributed by atoms with Gasteiger partial charge in [-0.25, -0.2) is 14.4 Å². The van der Waals surface area contributed by atoms with E-state index in [1.54, 1.807) is 19.4 Å². The Labute approximate surface area is 147 Å². The zero-order valence-electron chi connectivity index (χ0n) is 14.4. The third-order valence-corrected chi connectivity index (χ3v) is 4.24. The maximum Gasteiger partial charge on any atom is 0.225 e. The average molecular weight is 342 g/mol. The minimum Gasteiger partial charge on any atom is -0.356 e. The highest BCUT2D eigenvalue weighted by atomic mass is 19.1. The van der Waals surface area contributed by atoms with Gasteiger partial charge in [0.2, 0.25) is 5.95 Å². The van der Waals surface area contributed by atoms with Gasteiger partial charge in [-0.05, 0) is 30.2 Å². The Morgan fingerprint density at radius 2 is 1.80 bits per heavy atom. The van der Waals surface area contributed by atoms with Gasteiger partial charge in [0.1, 0.15) is 5.82 Å². The lowest BCUT2D eigenvalue weighted by atomic mass is 10.1. The summed E-state index contributed by atoms with van der Waals surface area (Å²) < 4.78 is 12.9. The lowest BCUT2D eigenvalue weighted by Crippen LogP contribution is -2.53. The standard InChI is InChI=1S/C18H23FN6/c1-20-17(23-10-7-15-3-5-16(19)6-4-15)24-11-13-25(14-12-24)18-21-8-2-9-22-18/h2-6,8-9H,7,10-14H2,1H3,(H,20,23). The molecule has 0 saturated carbocycles. The topological polar surface area (TPSA) is 56.7 Å². The highest BCUT2D eigenvalue weighted by molar-refractivity contribution is 5.80. The number of guanidine groups is 1. The number of halogens is 1. The minimum atomic E-state index is -0.201. The van der Waals surface area contributed by atoms with Gasteiger partial charge < -0.3 is 15.1 Å².